The summed E-state index contributed by atoms with van der Waals surface area (Å²) in [5.74, 6) is 0.582. The van der Waals surface area contributed by atoms with E-state index in [-0.39, 0.29) is 0 Å². The fraction of sp³-hybridized carbons (Fsp3) is 0.250. The molecule has 3 rings (SSSR count). The third kappa shape index (κ3) is 1.62. The van der Waals surface area contributed by atoms with Crippen molar-refractivity contribution in [3.05, 3.63) is 47.5 Å². The van der Waals surface area contributed by atoms with E-state index in [1.807, 2.05) is 36.8 Å². The molecular weight excluding hydrogens is 222 g/mol. The van der Waals surface area contributed by atoms with Crippen molar-refractivity contribution in [2.24, 2.45) is 0 Å². The lowest BCUT2D eigenvalue weighted by atomic mass is 10.00. The van der Waals surface area contributed by atoms with Gasteiger partial charge in [-0.15, -0.1) is 0 Å². The third-order valence-corrected chi connectivity index (χ3v) is 3.22. The zero-order valence-corrected chi connectivity index (χ0v) is 9.48. The van der Waals surface area contributed by atoms with E-state index >= 15 is 0 Å². The summed E-state index contributed by atoms with van der Waals surface area (Å²) in [6, 6.07) is 7.83. The Bertz CT molecular complexity index is 485. The lowest BCUT2D eigenvalue weighted by Crippen LogP contribution is -2.40. The number of rotatable bonds is 2. The van der Waals surface area contributed by atoms with Crippen molar-refractivity contribution in [2.75, 3.05) is 13.1 Å². The van der Waals surface area contributed by atoms with E-state index in [1.54, 1.807) is 0 Å². The van der Waals surface area contributed by atoms with Crippen LogP contribution in [0.15, 0.2) is 36.8 Å². The molecule has 0 atom stereocenters. The minimum Gasteiger partial charge on any atom is -0.315 e. The average Bonchev–Trinajstić information content (AvgIpc) is 2.65. The number of benzene rings is 1. The summed E-state index contributed by atoms with van der Waals surface area (Å²) < 4.78 is 2.13. The second-order valence-electron chi connectivity index (χ2n) is 4.02. The first kappa shape index (κ1) is 9.87. The minimum absolute atomic E-state index is 0.582. The summed E-state index contributed by atoms with van der Waals surface area (Å²) in [5, 5.41) is 4.04. The van der Waals surface area contributed by atoms with Gasteiger partial charge in [-0.3, -0.25) is 0 Å². The molecule has 0 spiro atoms. The van der Waals surface area contributed by atoms with Crippen LogP contribution < -0.4 is 5.32 Å². The number of nitrogens with one attached hydrogen (secondary N) is 1. The molecule has 0 aliphatic carbocycles. The molecule has 0 radical (unpaired) electrons. The molecular formula is C12H12ClN3. The van der Waals surface area contributed by atoms with Crippen LogP contribution in [0.1, 0.15) is 11.6 Å². The second-order valence-corrected chi connectivity index (χ2v) is 4.46. The van der Waals surface area contributed by atoms with E-state index in [0.717, 1.165) is 23.8 Å². The Morgan fingerprint density at radius 2 is 2.00 bits per heavy atom. The number of nitrogens with zero attached hydrogens (tertiary/aromatic N) is 2. The minimum atomic E-state index is 0.582. The lowest BCUT2D eigenvalue weighted by molar-refractivity contribution is 0.435. The molecule has 0 unspecified atom stereocenters. The summed E-state index contributed by atoms with van der Waals surface area (Å²) in [5.41, 5.74) is 2.38. The molecule has 3 nitrogen and oxygen atoms in total. The summed E-state index contributed by atoms with van der Waals surface area (Å²) in [4.78, 5) is 4.23. The van der Waals surface area contributed by atoms with Gasteiger partial charge in [0, 0.05) is 41.6 Å². The Morgan fingerprint density at radius 1 is 1.25 bits per heavy atom. The number of halogens is 1. The molecule has 0 amide bonds. The molecule has 0 saturated carbocycles. The van der Waals surface area contributed by atoms with Crippen LogP contribution >= 0.6 is 11.6 Å². The van der Waals surface area contributed by atoms with Crippen LogP contribution in [0.25, 0.3) is 5.69 Å². The Kier molecular flexibility index (Phi) is 2.42. The standard InChI is InChI=1S/C12H12ClN3/c13-10-1-3-11(4-2-10)16-8-15-7-12(16)9-5-14-6-9/h1-4,7-9,14H,5-6H2. The molecule has 1 N–H and O–H groups in total. The number of aromatic nitrogens is 2. The van der Waals surface area contributed by atoms with Crippen LogP contribution in [0.5, 0.6) is 0 Å². The van der Waals surface area contributed by atoms with Crippen LogP contribution in [-0.2, 0) is 0 Å². The highest BCUT2D eigenvalue weighted by Gasteiger charge is 2.22. The molecule has 0 bridgehead atoms. The molecule has 1 aromatic carbocycles. The Balaban J connectivity index is 1.99. The largest absolute Gasteiger partial charge is 0.315 e. The van der Waals surface area contributed by atoms with Crippen LogP contribution in [-0.4, -0.2) is 22.6 Å². The van der Waals surface area contributed by atoms with Gasteiger partial charge in [-0.1, -0.05) is 11.6 Å². The Morgan fingerprint density at radius 3 is 2.62 bits per heavy atom. The molecule has 1 saturated heterocycles. The predicted octanol–water partition coefficient (Wildman–Crippen LogP) is 2.21. The van der Waals surface area contributed by atoms with Gasteiger partial charge in [0.15, 0.2) is 0 Å². The van der Waals surface area contributed by atoms with Gasteiger partial charge in [0.25, 0.3) is 0 Å². The number of hydrogen-bond acceptors (Lipinski definition) is 2. The van der Waals surface area contributed by atoms with Crippen molar-refractivity contribution >= 4 is 11.6 Å². The summed E-state index contributed by atoms with van der Waals surface area (Å²) >= 11 is 5.88. The number of hydrogen-bond donors (Lipinski definition) is 1. The highest BCUT2D eigenvalue weighted by Crippen LogP contribution is 2.23. The molecule has 1 aromatic heterocycles. The van der Waals surface area contributed by atoms with Crippen LogP contribution in [0, 0.1) is 0 Å². The average molecular weight is 234 g/mol. The van der Waals surface area contributed by atoms with Gasteiger partial charge >= 0.3 is 0 Å². The zero-order valence-electron chi connectivity index (χ0n) is 8.73. The molecule has 16 heavy (non-hydrogen) atoms. The summed E-state index contributed by atoms with van der Waals surface area (Å²) in [6.07, 6.45) is 3.80. The number of imidazole rings is 1. The fourth-order valence-corrected chi connectivity index (χ4v) is 2.05. The van der Waals surface area contributed by atoms with E-state index in [4.69, 9.17) is 11.6 Å². The predicted molar refractivity (Wildman–Crippen MR) is 64.2 cm³/mol. The van der Waals surface area contributed by atoms with Gasteiger partial charge in [-0.05, 0) is 24.3 Å². The first-order chi connectivity index (χ1) is 7.84. The molecule has 4 heteroatoms. The first-order valence-electron chi connectivity index (χ1n) is 5.33. The molecule has 1 fully saturated rings. The summed E-state index contributed by atoms with van der Waals surface area (Å²) in [7, 11) is 0. The third-order valence-electron chi connectivity index (χ3n) is 2.97. The van der Waals surface area contributed by atoms with E-state index in [9.17, 15) is 0 Å². The smallest absolute Gasteiger partial charge is 0.0994 e. The topological polar surface area (TPSA) is 29.9 Å². The monoisotopic (exact) mass is 233 g/mol. The van der Waals surface area contributed by atoms with Crippen molar-refractivity contribution < 1.29 is 0 Å². The van der Waals surface area contributed by atoms with Crippen molar-refractivity contribution in [1.82, 2.24) is 14.9 Å². The zero-order chi connectivity index (χ0) is 11.0. The van der Waals surface area contributed by atoms with Gasteiger partial charge in [-0.25, -0.2) is 4.98 Å². The molecule has 1 aliphatic heterocycles. The van der Waals surface area contributed by atoms with Crippen molar-refractivity contribution in [1.29, 1.82) is 0 Å². The quantitative estimate of drug-likeness (QED) is 0.862. The lowest BCUT2D eigenvalue weighted by Gasteiger charge is -2.27. The normalized spacial score (nSPS) is 16.1. The van der Waals surface area contributed by atoms with Gasteiger partial charge in [0.2, 0.25) is 0 Å². The first-order valence-corrected chi connectivity index (χ1v) is 5.71. The van der Waals surface area contributed by atoms with Gasteiger partial charge in [-0.2, -0.15) is 0 Å². The highest BCUT2D eigenvalue weighted by atomic mass is 35.5. The highest BCUT2D eigenvalue weighted by molar-refractivity contribution is 6.30. The van der Waals surface area contributed by atoms with Gasteiger partial charge in [0.1, 0.15) is 0 Å². The van der Waals surface area contributed by atoms with Crippen molar-refractivity contribution in [3.63, 3.8) is 0 Å². The fourth-order valence-electron chi connectivity index (χ4n) is 1.92. The van der Waals surface area contributed by atoms with Crippen LogP contribution in [0.4, 0.5) is 0 Å². The van der Waals surface area contributed by atoms with E-state index in [2.05, 4.69) is 14.9 Å². The summed E-state index contributed by atoms with van der Waals surface area (Å²) in [6.45, 7) is 2.08. The maximum Gasteiger partial charge on any atom is 0.0994 e. The SMILES string of the molecule is Clc1ccc(-n2cncc2C2CNC2)cc1. The van der Waals surface area contributed by atoms with Gasteiger partial charge in [0.05, 0.1) is 6.33 Å². The molecule has 2 aromatic rings. The van der Waals surface area contributed by atoms with E-state index in [1.165, 1.54) is 5.69 Å². The van der Waals surface area contributed by atoms with E-state index in [0.29, 0.717) is 5.92 Å². The second kappa shape index (κ2) is 3.92. The molecule has 82 valence electrons. The molecule has 1 aliphatic rings. The van der Waals surface area contributed by atoms with Crippen LogP contribution in [0.2, 0.25) is 5.02 Å². The van der Waals surface area contributed by atoms with Crippen molar-refractivity contribution in [3.8, 4) is 5.69 Å². The van der Waals surface area contributed by atoms with E-state index < -0.39 is 0 Å². The Hall–Kier alpha value is -1.32. The maximum absolute atomic E-state index is 5.88. The van der Waals surface area contributed by atoms with Crippen LogP contribution in [0.3, 0.4) is 0 Å². The Labute approximate surface area is 99.1 Å². The van der Waals surface area contributed by atoms with Gasteiger partial charge < -0.3 is 9.88 Å². The van der Waals surface area contributed by atoms with Crippen molar-refractivity contribution in [2.45, 2.75) is 5.92 Å². The maximum atomic E-state index is 5.88. The molecule has 2 heterocycles.